The summed E-state index contributed by atoms with van der Waals surface area (Å²) in [6, 6.07) is 8.50. The normalized spacial score (nSPS) is 10.8. The van der Waals surface area contributed by atoms with Gasteiger partial charge < -0.3 is 9.84 Å². The van der Waals surface area contributed by atoms with Crippen LogP contribution < -0.4 is 5.32 Å². The molecule has 0 spiro atoms. The third-order valence-corrected chi connectivity index (χ3v) is 3.49. The smallest absolute Gasteiger partial charge is 0.237 e. The number of aromatic nitrogens is 2. The maximum Gasteiger partial charge on any atom is 0.237 e. The Morgan fingerprint density at radius 1 is 1.28 bits per heavy atom. The average molecular weight is 263 g/mol. The van der Waals surface area contributed by atoms with Gasteiger partial charge in [-0.1, -0.05) is 24.2 Å². The van der Waals surface area contributed by atoms with Crippen molar-refractivity contribution in [2.24, 2.45) is 0 Å². The molecular weight excluding hydrogens is 246 g/mol. The Morgan fingerprint density at radius 3 is 2.67 bits per heavy atom. The van der Waals surface area contributed by atoms with Crippen LogP contribution in [0.4, 0.5) is 0 Å². The molecule has 0 fully saturated rings. The predicted octanol–water partition coefficient (Wildman–Crippen LogP) is 2.64. The second-order valence-corrected chi connectivity index (χ2v) is 4.97. The Kier molecular flexibility index (Phi) is 4.78. The van der Waals surface area contributed by atoms with E-state index in [2.05, 4.69) is 39.7 Å². The number of nitrogens with one attached hydrogen (secondary N) is 1. The summed E-state index contributed by atoms with van der Waals surface area (Å²) in [6.07, 6.45) is 0.812. The highest BCUT2D eigenvalue weighted by atomic mass is 32.2. The van der Waals surface area contributed by atoms with Crippen molar-refractivity contribution < 1.29 is 4.52 Å². The van der Waals surface area contributed by atoms with Crippen LogP contribution in [-0.4, -0.2) is 17.2 Å². The van der Waals surface area contributed by atoms with Crippen molar-refractivity contribution in [1.82, 2.24) is 15.5 Å². The molecule has 0 bridgehead atoms. The van der Waals surface area contributed by atoms with Crippen molar-refractivity contribution in [2.45, 2.75) is 30.5 Å². The third-order valence-electron chi connectivity index (χ3n) is 2.49. The SMILES string of the molecule is CCc1noc(CSc2ccc(CNC)cc2)n1. The van der Waals surface area contributed by atoms with Crippen molar-refractivity contribution >= 4 is 11.8 Å². The van der Waals surface area contributed by atoms with Gasteiger partial charge in [0.1, 0.15) is 0 Å². The molecule has 5 heteroatoms. The minimum atomic E-state index is 0.691. The summed E-state index contributed by atoms with van der Waals surface area (Å²) in [5.74, 6) is 2.18. The van der Waals surface area contributed by atoms with E-state index in [1.165, 1.54) is 10.5 Å². The molecule has 1 heterocycles. The molecule has 18 heavy (non-hydrogen) atoms. The highest BCUT2D eigenvalue weighted by molar-refractivity contribution is 7.98. The second kappa shape index (κ2) is 6.56. The lowest BCUT2D eigenvalue weighted by atomic mass is 10.2. The highest BCUT2D eigenvalue weighted by Gasteiger charge is 2.05. The van der Waals surface area contributed by atoms with E-state index in [1.807, 2.05) is 14.0 Å². The van der Waals surface area contributed by atoms with Gasteiger partial charge in [-0.2, -0.15) is 4.98 Å². The molecule has 0 saturated heterocycles. The van der Waals surface area contributed by atoms with Crippen LogP contribution in [0.5, 0.6) is 0 Å². The first kappa shape index (κ1) is 13.1. The Bertz CT molecular complexity index is 481. The van der Waals surface area contributed by atoms with E-state index in [0.29, 0.717) is 5.89 Å². The standard InChI is InChI=1S/C13H17N3OS/c1-3-12-15-13(17-16-12)9-18-11-6-4-10(5-7-11)8-14-2/h4-7,14H,3,8-9H2,1-2H3. The molecule has 0 unspecified atom stereocenters. The topological polar surface area (TPSA) is 51.0 Å². The Hall–Kier alpha value is -1.33. The van der Waals surface area contributed by atoms with E-state index in [9.17, 15) is 0 Å². The molecule has 0 radical (unpaired) electrons. The summed E-state index contributed by atoms with van der Waals surface area (Å²) in [7, 11) is 1.95. The first-order valence-corrected chi connectivity index (χ1v) is 6.98. The van der Waals surface area contributed by atoms with Gasteiger partial charge in [-0.15, -0.1) is 11.8 Å². The fourth-order valence-electron chi connectivity index (χ4n) is 1.55. The summed E-state index contributed by atoms with van der Waals surface area (Å²) in [6.45, 7) is 2.91. The maximum atomic E-state index is 5.15. The summed E-state index contributed by atoms with van der Waals surface area (Å²) in [4.78, 5) is 5.50. The van der Waals surface area contributed by atoms with E-state index >= 15 is 0 Å². The number of nitrogens with zero attached hydrogens (tertiary/aromatic N) is 2. The fourth-order valence-corrected chi connectivity index (χ4v) is 2.28. The molecule has 0 atom stereocenters. The van der Waals surface area contributed by atoms with Gasteiger partial charge in [0.2, 0.25) is 5.89 Å². The van der Waals surface area contributed by atoms with Crippen LogP contribution >= 0.6 is 11.8 Å². The molecule has 2 rings (SSSR count). The number of aryl methyl sites for hydroxylation is 1. The zero-order chi connectivity index (χ0) is 12.8. The van der Waals surface area contributed by atoms with Gasteiger partial charge in [0.05, 0.1) is 5.75 Å². The Morgan fingerprint density at radius 2 is 2.06 bits per heavy atom. The van der Waals surface area contributed by atoms with Gasteiger partial charge in [-0.25, -0.2) is 0 Å². The second-order valence-electron chi connectivity index (χ2n) is 3.92. The minimum Gasteiger partial charge on any atom is -0.338 e. The molecule has 0 amide bonds. The quantitative estimate of drug-likeness (QED) is 0.812. The van der Waals surface area contributed by atoms with Crippen molar-refractivity contribution in [3.63, 3.8) is 0 Å². The van der Waals surface area contributed by atoms with Crippen LogP contribution in [-0.2, 0) is 18.7 Å². The molecule has 96 valence electrons. The van der Waals surface area contributed by atoms with Crippen molar-refractivity contribution in [2.75, 3.05) is 7.05 Å². The Labute approximate surface area is 111 Å². The van der Waals surface area contributed by atoms with E-state index < -0.39 is 0 Å². The number of rotatable bonds is 6. The van der Waals surface area contributed by atoms with E-state index in [0.717, 1.165) is 24.5 Å². The number of benzene rings is 1. The molecule has 4 nitrogen and oxygen atoms in total. The van der Waals surface area contributed by atoms with Crippen molar-refractivity contribution in [3.8, 4) is 0 Å². The maximum absolute atomic E-state index is 5.15. The minimum absolute atomic E-state index is 0.691. The van der Waals surface area contributed by atoms with Crippen LogP contribution in [0.3, 0.4) is 0 Å². The molecule has 0 aliphatic heterocycles. The lowest BCUT2D eigenvalue weighted by Gasteiger charge is -2.02. The first-order valence-electron chi connectivity index (χ1n) is 5.99. The van der Waals surface area contributed by atoms with Gasteiger partial charge in [0.25, 0.3) is 0 Å². The molecule has 0 aliphatic carbocycles. The zero-order valence-electron chi connectivity index (χ0n) is 10.6. The number of thioether (sulfide) groups is 1. The molecule has 0 aliphatic rings. The van der Waals surface area contributed by atoms with Gasteiger partial charge in [-0.3, -0.25) is 0 Å². The van der Waals surface area contributed by atoms with Crippen LogP contribution in [0.2, 0.25) is 0 Å². The largest absolute Gasteiger partial charge is 0.338 e. The lowest BCUT2D eigenvalue weighted by Crippen LogP contribution is -2.04. The molecule has 1 N–H and O–H groups in total. The molecule has 1 aromatic carbocycles. The first-order chi connectivity index (χ1) is 8.81. The van der Waals surface area contributed by atoms with Crippen LogP contribution in [0.15, 0.2) is 33.7 Å². The molecule has 2 aromatic rings. The Balaban J connectivity index is 1.89. The van der Waals surface area contributed by atoms with Crippen molar-refractivity contribution in [1.29, 1.82) is 0 Å². The zero-order valence-corrected chi connectivity index (χ0v) is 11.5. The third kappa shape index (κ3) is 3.58. The highest BCUT2D eigenvalue weighted by Crippen LogP contribution is 2.22. The summed E-state index contributed by atoms with van der Waals surface area (Å²) >= 11 is 1.71. The summed E-state index contributed by atoms with van der Waals surface area (Å²) in [5.41, 5.74) is 1.29. The number of hydrogen-bond donors (Lipinski definition) is 1. The van der Waals surface area contributed by atoms with E-state index in [4.69, 9.17) is 4.52 Å². The average Bonchev–Trinajstić information content (AvgIpc) is 2.86. The van der Waals surface area contributed by atoms with Gasteiger partial charge in [0, 0.05) is 17.9 Å². The molecule has 1 aromatic heterocycles. The summed E-state index contributed by atoms with van der Waals surface area (Å²) < 4.78 is 5.15. The monoisotopic (exact) mass is 263 g/mol. The predicted molar refractivity (Wildman–Crippen MR) is 72.4 cm³/mol. The fraction of sp³-hybridized carbons (Fsp3) is 0.385. The van der Waals surface area contributed by atoms with Crippen LogP contribution in [0, 0.1) is 0 Å². The van der Waals surface area contributed by atoms with Gasteiger partial charge in [0.15, 0.2) is 5.82 Å². The number of hydrogen-bond acceptors (Lipinski definition) is 5. The lowest BCUT2D eigenvalue weighted by molar-refractivity contribution is 0.385. The van der Waals surface area contributed by atoms with E-state index in [1.54, 1.807) is 11.8 Å². The van der Waals surface area contributed by atoms with Gasteiger partial charge in [-0.05, 0) is 24.7 Å². The van der Waals surface area contributed by atoms with Crippen molar-refractivity contribution in [3.05, 3.63) is 41.5 Å². The molecular formula is C13H17N3OS. The molecule has 0 saturated carbocycles. The van der Waals surface area contributed by atoms with Crippen LogP contribution in [0.25, 0.3) is 0 Å². The van der Waals surface area contributed by atoms with E-state index in [-0.39, 0.29) is 0 Å². The summed E-state index contributed by atoms with van der Waals surface area (Å²) in [5, 5.41) is 7.01. The van der Waals surface area contributed by atoms with Crippen LogP contribution in [0.1, 0.15) is 24.2 Å². The van der Waals surface area contributed by atoms with Gasteiger partial charge >= 0.3 is 0 Å².